The van der Waals surface area contributed by atoms with Crippen LogP contribution in [0.15, 0.2) is 0 Å². The zero-order valence-corrected chi connectivity index (χ0v) is 10.7. The van der Waals surface area contributed by atoms with Crippen molar-refractivity contribution in [1.29, 1.82) is 0 Å². The van der Waals surface area contributed by atoms with Gasteiger partial charge in [-0.25, -0.2) is 9.97 Å². The van der Waals surface area contributed by atoms with E-state index in [1.807, 2.05) is 0 Å². The van der Waals surface area contributed by atoms with E-state index < -0.39 is 0 Å². The predicted octanol–water partition coefficient (Wildman–Crippen LogP) is 2.33. The van der Waals surface area contributed by atoms with Crippen LogP contribution in [0.1, 0.15) is 10.4 Å². The Morgan fingerprint density at radius 2 is 2.12 bits per heavy atom. The number of aromatic nitrogens is 2. The molecule has 0 spiro atoms. The van der Waals surface area contributed by atoms with Crippen molar-refractivity contribution in [3.05, 3.63) is 15.7 Å². The largest absolute Gasteiger partial charge is 0.368 e. The maximum absolute atomic E-state index is 5.88. The van der Waals surface area contributed by atoms with Crippen LogP contribution in [0.4, 0.5) is 5.82 Å². The molecule has 0 unspecified atom stereocenters. The molecule has 0 radical (unpaired) electrons. The van der Waals surface area contributed by atoms with Gasteiger partial charge < -0.3 is 11.1 Å². The maximum atomic E-state index is 5.88. The lowest BCUT2D eigenvalue weighted by Gasteiger charge is -2.06. The number of fused-ring (bicyclic) bond motifs is 1. The SMILES string of the molecule is Cc1sc2nc(Cl)nc(NCCN)c2c1C. The van der Waals surface area contributed by atoms with E-state index in [0.29, 0.717) is 13.1 Å². The number of rotatable bonds is 3. The second-order valence-electron chi connectivity index (χ2n) is 3.52. The highest BCUT2D eigenvalue weighted by Crippen LogP contribution is 2.33. The van der Waals surface area contributed by atoms with Gasteiger partial charge >= 0.3 is 0 Å². The Labute approximate surface area is 103 Å². The van der Waals surface area contributed by atoms with Crippen LogP contribution < -0.4 is 11.1 Å². The van der Waals surface area contributed by atoms with E-state index in [0.717, 1.165) is 16.0 Å². The third-order valence-corrected chi connectivity index (χ3v) is 3.71. The van der Waals surface area contributed by atoms with Crippen molar-refractivity contribution >= 4 is 39.0 Å². The van der Waals surface area contributed by atoms with E-state index in [9.17, 15) is 0 Å². The zero-order chi connectivity index (χ0) is 11.7. The number of halogens is 1. The van der Waals surface area contributed by atoms with Gasteiger partial charge in [0.1, 0.15) is 10.6 Å². The van der Waals surface area contributed by atoms with Crippen LogP contribution in [-0.2, 0) is 0 Å². The van der Waals surface area contributed by atoms with Gasteiger partial charge in [0.05, 0.1) is 5.39 Å². The monoisotopic (exact) mass is 256 g/mol. The first kappa shape index (κ1) is 11.6. The Hall–Kier alpha value is -0.910. The third-order valence-electron chi connectivity index (χ3n) is 2.44. The van der Waals surface area contributed by atoms with Crippen molar-refractivity contribution in [1.82, 2.24) is 9.97 Å². The number of nitrogens with zero attached hydrogens (tertiary/aromatic N) is 2. The Morgan fingerprint density at radius 3 is 2.81 bits per heavy atom. The van der Waals surface area contributed by atoms with Crippen molar-refractivity contribution in [3.63, 3.8) is 0 Å². The lowest BCUT2D eigenvalue weighted by Crippen LogP contribution is -2.14. The van der Waals surface area contributed by atoms with E-state index in [1.54, 1.807) is 11.3 Å². The minimum absolute atomic E-state index is 0.272. The molecule has 0 aliphatic heterocycles. The topological polar surface area (TPSA) is 63.8 Å². The summed E-state index contributed by atoms with van der Waals surface area (Å²) in [5.41, 5.74) is 6.67. The molecule has 0 amide bonds. The van der Waals surface area contributed by atoms with Gasteiger partial charge in [-0.15, -0.1) is 11.3 Å². The molecule has 3 N–H and O–H groups in total. The highest BCUT2D eigenvalue weighted by atomic mass is 35.5. The number of thiophene rings is 1. The highest BCUT2D eigenvalue weighted by Gasteiger charge is 2.13. The average molecular weight is 257 g/mol. The van der Waals surface area contributed by atoms with Crippen molar-refractivity contribution in [3.8, 4) is 0 Å². The fourth-order valence-corrected chi connectivity index (χ4v) is 2.79. The molecule has 86 valence electrons. The molecule has 0 aliphatic carbocycles. The first-order valence-corrected chi connectivity index (χ1v) is 6.20. The predicted molar refractivity (Wildman–Crippen MR) is 69.4 cm³/mol. The molecule has 0 saturated carbocycles. The number of nitrogens with one attached hydrogen (secondary N) is 1. The standard InChI is InChI=1S/C10H13ClN4S/c1-5-6(2)16-9-7(5)8(13-4-3-12)14-10(11)15-9/h3-4,12H2,1-2H3,(H,13,14,15). The number of nitrogens with two attached hydrogens (primary N) is 1. The molecule has 2 heterocycles. The fourth-order valence-electron chi connectivity index (χ4n) is 1.54. The Bertz CT molecular complexity index is 523. The average Bonchev–Trinajstić information content (AvgIpc) is 2.51. The van der Waals surface area contributed by atoms with Crippen LogP contribution in [0.2, 0.25) is 5.28 Å². The van der Waals surface area contributed by atoms with Gasteiger partial charge in [0.25, 0.3) is 0 Å². The molecule has 0 fully saturated rings. The molecule has 0 saturated heterocycles. The number of anilines is 1. The van der Waals surface area contributed by atoms with E-state index in [-0.39, 0.29) is 5.28 Å². The van der Waals surface area contributed by atoms with E-state index in [2.05, 4.69) is 29.1 Å². The molecule has 4 nitrogen and oxygen atoms in total. The molecule has 6 heteroatoms. The first-order valence-electron chi connectivity index (χ1n) is 5.00. The van der Waals surface area contributed by atoms with Crippen molar-refractivity contribution in [2.45, 2.75) is 13.8 Å². The van der Waals surface area contributed by atoms with Crippen LogP contribution in [0.25, 0.3) is 10.2 Å². The van der Waals surface area contributed by atoms with Crippen LogP contribution in [0.3, 0.4) is 0 Å². The first-order chi connectivity index (χ1) is 7.63. The lowest BCUT2D eigenvalue weighted by molar-refractivity contribution is 1.01. The smallest absolute Gasteiger partial charge is 0.225 e. The van der Waals surface area contributed by atoms with Gasteiger partial charge in [-0.1, -0.05) is 0 Å². The number of aryl methyl sites for hydroxylation is 2. The summed E-state index contributed by atoms with van der Waals surface area (Å²) < 4.78 is 0. The van der Waals surface area contributed by atoms with Gasteiger partial charge in [0.2, 0.25) is 5.28 Å². The summed E-state index contributed by atoms with van der Waals surface area (Å²) in [6, 6.07) is 0. The minimum atomic E-state index is 0.272. The summed E-state index contributed by atoms with van der Waals surface area (Å²) in [5, 5.41) is 4.51. The summed E-state index contributed by atoms with van der Waals surface area (Å²) >= 11 is 7.51. The molecule has 2 aromatic rings. The summed E-state index contributed by atoms with van der Waals surface area (Å²) in [5.74, 6) is 0.780. The maximum Gasteiger partial charge on any atom is 0.225 e. The molecule has 0 atom stereocenters. The Morgan fingerprint density at radius 1 is 1.38 bits per heavy atom. The number of hydrogen-bond acceptors (Lipinski definition) is 5. The van der Waals surface area contributed by atoms with E-state index >= 15 is 0 Å². The normalized spacial score (nSPS) is 11.0. The van der Waals surface area contributed by atoms with Gasteiger partial charge in [0.15, 0.2) is 0 Å². The van der Waals surface area contributed by atoms with Gasteiger partial charge in [0, 0.05) is 18.0 Å². The molecule has 0 bridgehead atoms. The third kappa shape index (κ3) is 1.98. The molecule has 2 rings (SSSR count). The van der Waals surface area contributed by atoms with Crippen molar-refractivity contribution < 1.29 is 0 Å². The minimum Gasteiger partial charge on any atom is -0.368 e. The van der Waals surface area contributed by atoms with E-state index in [4.69, 9.17) is 17.3 Å². The summed E-state index contributed by atoms with van der Waals surface area (Å²) in [7, 11) is 0. The second kappa shape index (κ2) is 4.53. The van der Waals surface area contributed by atoms with Crippen molar-refractivity contribution in [2.75, 3.05) is 18.4 Å². The highest BCUT2D eigenvalue weighted by molar-refractivity contribution is 7.18. The molecular weight excluding hydrogens is 244 g/mol. The van der Waals surface area contributed by atoms with Crippen molar-refractivity contribution in [2.24, 2.45) is 5.73 Å². The van der Waals surface area contributed by atoms with Crippen LogP contribution in [0, 0.1) is 13.8 Å². The lowest BCUT2D eigenvalue weighted by atomic mass is 10.2. The molecule has 2 aromatic heterocycles. The zero-order valence-electron chi connectivity index (χ0n) is 9.17. The molecule has 16 heavy (non-hydrogen) atoms. The number of hydrogen-bond donors (Lipinski definition) is 2. The summed E-state index contributed by atoms with van der Waals surface area (Å²) in [4.78, 5) is 10.6. The Balaban J connectivity index is 2.60. The molecule has 0 aliphatic rings. The Kier molecular flexibility index (Phi) is 3.28. The van der Waals surface area contributed by atoms with Crippen LogP contribution in [0.5, 0.6) is 0 Å². The van der Waals surface area contributed by atoms with Crippen LogP contribution >= 0.6 is 22.9 Å². The molecule has 0 aromatic carbocycles. The second-order valence-corrected chi connectivity index (χ2v) is 5.06. The summed E-state index contributed by atoms with van der Waals surface area (Å²) in [6.07, 6.45) is 0. The van der Waals surface area contributed by atoms with Gasteiger partial charge in [-0.3, -0.25) is 0 Å². The molecular formula is C10H13ClN4S. The van der Waals surface area contributed by atoms with E-state index in [1.165, 1.54) is 10.4 Å². The van der Waals surface area contributed by atoms with Crippen LogP contribution in [-0.4, -0.2) is 23.1 Å². The quantitative estimate of drug-likeness (QED) is 0.828. The summed E-state index contributed by atoms with van der Waals surface area (Å²) in [6.45, 7) is 5.38. The fraction of sp³-hybridized carbons (Fsp3) is 0.400. The van der Waals surface area contributed by atoms with Gasteiger partial charge in [-0.2, -0.15) is 0 Å². The van der Waals surface area contributed by atoms with Gasteiger partial charge in [-0.05, 0) is 31.0 Å².